The molecule has 0 radical (unpaired) electrons. The number of thiol groups is 1. The van der Waals surface area contributed by atoms with Crippen molar-refractivity contribution in [1.29, 1.82) is 0 Å². The summed E-state index contributed by atoms with van der Waals surface area (Å²) in [6.45, 7) is 14.5. The Morgan fingerprint density at radius 2 is 1.61 bits per heavy atom. The average molecular weight is 430 g/mol. The number of hydrogen-bond donors (Lipinski definition) is 1. The summed E-state index contributed by atoms with van der Waals surface area (Å²) in [6.07, 6.45) is 0.907. The van der Waals surface area contributed by atoms with Gasteiger partial charge in [0, 0.05) is 12.0 Å². The lowest BCUT2D eigenvalue weighted by Gasteiger charge is -2.39. The molecule has 0 N–H and O–H groups in total. The molecule has 2 heterocycles. The van der Waals surface area contributed by atoms with Crippen molar-refractivity contribution in [2.24, 2.45) is 28.6 Å². The minimum atomic E-state index is -3.22. The van der Waals surface area contributed by atoms with Crippen LogP contribution in [-0.2, 0) is 18.6 Å². The Morgan fingerprint density at radius 1 is 1.04 bits per heavy atom. The monoisotopic (exact) mass is 430 g/mol. The lowest BCUT2D eigenvalue weighted by Crippen LogP contribution is -2.41. The summed E-state index contributed by atoms with van der Waals surface area (Å²) in [4.78, 5) is 0. The van der Waals surface area contributed by atoms with Crippen LogP contribution in [0.5, 0.6) is 0 Å². The molecule has 0 spiro atoms. The molecule has 0 saturated carbocycles. The van der Waals surface area contributed by atoms with Crippen LogP contribution in [0.2, 0.25) is 0 Å². The lowest BCUT2D eigenvalue weighted by atomic mass is 9.69. The van der Waals surface area contributed by atoms with Gasteiger partial charge >= 0.3 is 0 Å². The maximum absolute atomic E-state index is 13.9. The van der Waals surface area contributed by atoms with Gasteiger partial charge in [0.1, 0.15) is 15.7 Å². The summed E-state index contributed by atoms with van der Waals surface area (Å²) < 4.78 is 32.5. The summed E-state index contributed by atoms with van der Waals surface area (Å²) in [5.74, 6) is 1.03. The van der Waals surface area contributed by atoms with E-state index in [9.17, 15) is 4.57 Å². The van der Waals surface area contributed by atoms with Crippen LogP contribution < -0.4 is 0 Å². The van der Waals surface area contributed by atoms with Crippen molar-refractivity contribution in [2.45, 2.75) is 91.7 Å². The van der Waals surface area contributed by atoms with Crippen LogP contribution in [0.15, 0.2) is 0 Å². The molecular weight excluding hydrogens is 389 g/mol. The van der Waals surface area contributed by atoms with Gasteiger partial charge in [-0.05, 0) is 28.6 Å². The standard InChI is InChI=1S/C20H41B2O4PS/c1-9-12-11(2)13(25-17(12)21)10-24-27(23,28)15-14(19(3,4)5)18(22)26-16(15)20(6,7)8/h11-18H,9-10,21-22H2,1-8H3,(H,23,28)/t11-,12?,13-,14?,15?,16+,17-,18-,27-/m1/s1. The average Bonchev–Trinajstić information content (AvgIpc) is 3.02. The van der Waals surface area contributed by atoms with Crippen molar-refractivity contribution in [3.8, 4) is 0 Å². The zero-order chi connectivity index (χ0) is 21.7. The van der Waals surface area contributed by atoms with Gasteiger partial charge in [0.2, 0.25) is 0 Å². The van der Waals surface area contributed by atoms with Crippen molar-refractivity contribution >= 4 is 34.5 Å². The molecule has 8 heteroatoms. The zero-order valence-corrected chi connectivity index (χ0v) is 21.3. The minimum absolute atomic E-state index is 0.0180. The Hall–Kier alpha value is 0.590. The van der Waals surface area contributed by atoms with Gasteiger partial charge in [-0.1, -0.05) is 74.1 Å². The summed E-state index contributed by atoms with van der Waals surface area (Å²) >= 11 is 4.67. The molecule has 0 bridgehead atoms. The Morgan fingerprint density at radius 3 is 2.04 bits per heavy atom. The molecule has 0 amide bonds. The predicted octanol–water partition coefficient (Wildman–Crippen LogP) is 3.58. The highest BCUT2D eigenvalue weighted by Crippen LogP contribution is 2.67. The van der Waals surface area contributed by atoms with Crippen molar-refractivity contribution in [2.75, 3.05) is 6.61 Å². The molecule has 0 aromatic heterocycles. The number of ether oxygens (including phenoxy) is 2. The molecule has 28 heavy (non-hydrogen) atoms. The smallest absolute Gasteiger partial charge is 0.260 e. The van der Waals surface area contributed by atoms with E-state index in [1.807, 2.05) is 0 Å². The van der Waals surface area contributed by atoms with Gasteiger partial charge in [0.15, 0.2) is 0 Å². The largest absolute Gasteiger partial charge is 0.382 e. The van der Waals surface area contributed by atoms with Gasteiger partial charge in [0.05, 0.1) is 24.5 Å². The highest BCUT2D eigenvalue weighted by Gasteiger charge is 2.58. The molecule has 3 unspecified atom stereocenters. The third-order valence-corrected chi connectivity index (χ3v) is 9.94. The summed E-state index contributed by atoms with van der Waals surface area (Å²) in [5.41, 5.74) is -0.424. The highest BCUT2D eigenvalue weighted by atomic mass is 32.7. The van der Waals surface area contributed by atoms with Crippen LogP contribution in [0.1, 0.15) is 61.8 Å². The molecule has 0 aromatic carbocycles. The topological polar surface area (TPSA) is 44.8 Å². The molecule has 2 aliphatic heterocycles. The van der Waals surface area contributed by atoms with Crippen LogP contribution in [0.3, 0.4) is 0 Å². The molecule has 2 rings (SSSR count). The van der Waals surface area contributed by atoms with Crippen molar-refractivity contribution < 1.29 is 18.6 Å². The molecule has 2 aliphatic rings. The van der Waals surface area contributed by atoms with E-state index in [1.54, 1.807) is 0 Å². The van der Waals surface area contributed by atoms with Crippen LogP contribution in [0.4, 0.5) is 0 Å². The van der Waals surface area contributed by atoms with Gasteiger partial charge < -0.3 is 14.0 Å². The maximum Gasteiger partial charge on any atom is 0.260 e. The van der Waals surface area contributed by atoms with Crippen LogP contribution in [0.25, 0.3) is 0 Å². The third-order valence-electron chi connectivity index (χ3n) is 6.92. The molecule has 9 atom stereocenters. The van der Waals surface area contributed by atoms with E-state index in [1.165, 1.54) is 0 Å². The fourth-order valence-corrected chi connectivity index (χ4v) is 9.02. The fourth-order valence-electron chi connectivity index (χ4n) is 5.53. The molecule has 4 nitrogen and oxygen atoms in total. The second-order valence-corrected chi connectivity index (χ2v) is 14.8. The Balaban J connectivity index is 2.23. The first kappa shape index (κ1) is 24.9. The molecule has 2 fully saturated rings. The molecular formula is C20H41B2O4PS. The van der Waals surface area contributed by atoms with Crippen molar-refractivity contribution in [3.63, 3.8) is 0 Å². The van der Waals surface area contributed by atoms with Crippen LogP contribution in [-0.4, -0.2) is 52.2 Å². The van der Waals surface area contributed by atoms with E-state index in [2.05, 4.69) is 83.3 Å². The Bertz CT molecular complexity index is 592. The lowest BCUT2D eigenvalue weighted by molar-refractivity contribution is 0.00677. The van der Waals surface area contributed by atoms with Gasteiger partial charge in [0.25, 0.3) is 6.57 Å². The zero-order valence-electron chi connectivity index (χ0n) is 19.6. The SMILES string of the molecule is B[C@@H]1O[C@H](CO[P@@](=O)(S)C2C(C(C)(C)C)[C@H](B)O[C@@H]2C(C)(C)C)[C@H](C)C1CC. The van der Waals surface area contributed by atoms with Gasteiger partial charge in [-0.3, -0.25) is 4.57 Å². The van der Waals surface area contributed by atoms with Crippen molar-refractivity contribution in [3.05, 3.63) is 0 Å². The second-order valence-electron chi connectivity index (χ2n) is 11.2. The summed E-state index contributed by atoms with van der Waals surface area (Å²) in [7, 11) is 4.22. The minimum Gasteiger partial charge on any atom is -0.382 e. The summed E-state index contributed by atoms with van der Waals surface area (Å²) in [6, 6.07) is 0.233. The van der Waals surface area contributed by atoms with Crippen LogP contribution in [0, 0.1) is 28.6 Å². The van der Waals surface area contributed by atoms with E-state index < -0.39 is 6.57 Å². The van der Waals surface area contributed by atoms with E-state index in [0.717, 1.165) is 6.42 Å². The maximum atomic E-state index is 13.9. The number of rotatable bonds is 5. The first-order valence-corrected chi connectivity index (χ1v) is 13.7. The van der Waals surface area contributed by atoms with E-state index >= 15 is 0 Å². The van der Waals surface area contributed by atoms with E-state index in [4.69, 9.17) is 14.0 Å². The van der Waals surface area contributed by atoms with Gasteiger partial charge in [-0.15, -0.1) is 0 Å². The Kier molecular flexibility index (Phi) is 7.65. The first-order valence-electron chi connectivity index (χ1n) is 10.9. The summed E-state index contributed by atoms with van der Waals surface area (Å²) in [5, 5.41) is 0. The quantitative estimate of drug-likeness (QED) is 0.412. The highest BCUT2D eigenvalue weighted by molar-refractivity contribution is 8.46. The van der Waals surface area contributed by atoms with Crippen LogP contribution >= 0.6 is 18.8 Å². The first-order chi connectivity index (χ1) is 12.6. The van der Waals surface area contributed by atoms with E-state index in [-0.39, 0.29) is 46.6 Å². The van der Waals surface area contributed by atoms with Gasteiger partial charge in [-0.25, -0.2) is 0 Å². The molecule has 0 aromatic rings. The number of hydrogen-bond acceptors (Lipinski definition) is 4. The molecule has 2 saturated heterocycles. The van der Waals surface area contributed by atoms with E-state index in [0.29, 0.717) is 18.4 Å². The van der Waals surface area contributed by atoms with Gasteiger partial charge in [-0.2, -0.15) is 0 Å². The predicted molar refractivity (Wildman–Crippen MR) is 126 cm³/mol. The third kappa shape index (κ3) is 5.07. The second kappa shape index (κ2) is 8.61. The molecule has 0 aliphatic carbocycles. The Labute approximate surface area is 180 Å². The molecule has 162 valence electrons. The normalized spacial score (nSPS) is 41.9. The van der Waals surface area contributed by atoms with Crippen molar-refractivity contribution in [1.82, 2.24) is 0 Å². The fraction of sp³-hybridized carbons (Fsp3) is 1.00.